The third-order valence-electron chi connectivity index (χ3n) is 4.85. The van der Waals surface area contributed by atoms with Crippen LogP contribution in [-0.2, 0) is 0 Å². The molecule has 0 spiro atoms. The number of nitrogens with zero attached hydrogens (tertiary/aromatic N) is 8. The summed E-state index contributed by atoms with van der Waals surface area (Å²) >= 11 is 0. The molecule has 0 fully saturated rings. The smallest absolute Gasteiger partial charge is 0.408 e. The number of nitrogens with one attached hydrogen (secondary N) is 1. The number of pyridine rings is 1. The van der Waals surface area contributed by atoms with Crippen molar-refractivity contribution in [1.29, 1.82) is 0 Å². The molecule has 4 heterocycles. The summed E-state index contributed by atoms with van der Waals surface area (Å²) < 4.78 is 47.5. The number of methoxy groups -OCH3 is 1. The van der Waals surface area contributed by atoms with Crippen LogP contribution in [0.4, 0.5) is 19.0 Å². The number of amides is 1. The van der Waals surface area contributed by atoms with Crippen molar-refractivity contribution >= 4 is 11.7 Å². The number of hydrogen-bond acceptors (Lipinski definition) is 8. The highest BCUT2D eigenvalue weighted by molar-refractivity contribution is 6.05. The van der Waals surface area contributed by atoms with Crippen molar-refractivity contribution in [3.05, 3.63) is 54.4 Å². The number of anilines is 1. The Morgan fingerprint density at radius 2 is 2.00 bits per heavy atom. The zero-order chi connectivity index (χ0) is 24.5. The van der Waals surface area contributed by atoms with Crippen LogP contribution in [0.1, 0.15) is 29.1 Å². The van der Waals surface area contributed by atoms with Gasteiger partial charge in [0.05, 0.1) is 13.3 Å². The molecular formula is C20H18F3N9O2. The second-order valence-electron chi connectivity index (χ2n) is 7.08. The van der Waals surface area contributed by atoms with Gasteiger partial charge in [-0.05, 0) is 26.0 Å². The molecule has 0 aromatic carbocycles. The number of hydrogen-bond donors (Lipinski definition) is 1. The molecule has 4 rings (SSSR count). The van der Waals surface area contributed by atoms with Crippen LogP contribution in [0.5, 0.6) is 5.88 Å². The average molecular weight is 473 g/mol. The molecule has 0 aliphatic carbocycles. The van der Waals surface area contributed by atoms with E-state index in [1.807, 2.05) is 0 Å². The van der Waals surface area contributed by atoms with Crippen molar-refractivity contribution in [2.75, 3.05) is 12.4 Å². The highest BCUT2D eigenvalue weighted by atomic mass is 19.4. The lowest BCUT2D eigenvalue weighted by Gasteiger charge is -2.19. The number of rotatable bonds is 6. The molecule has 34 heavy (non-hydrogen) atoms. The first kappa shape index (κ1) is 22.8. The molecule has 4 aromatic heterocycles. The molecule has 14 heteroatoms. The number of carbonyl (C=O) groups is 1. The maximum Gasteiger partial charge on any atom is 0.408 e. The van der Waals surface area contributed by atoms with Crippen molar-refractivity contribution in [2.24, 2.45) is 0 Å². The number of carbonyl (C=O) groups excluding carboxylic acids is 1. The fraction of sp³-hybridized carbons (Fsp3) is 0.250. The summed E-state index contributed by atoms with van der Waals surface area (Å²) in [5.74, 6) is -0.104. The summed E-state index contributed by atoms with van der Waals surface area (Å²) in [5, 5.41) is 14.4. The van der Waals surface area contributed by atoms with Crippen LogP contribution in [0.15, 0.2) is 43.0 Å². The molecular weight excluding hydrogens is 455 g/mol. The van der Waals surface area contributed by atoms with E-state index in [2.05, 4.69) is 35.6 Å². The quantitative estimate of drug-likeness (QED) is 0.453. The van der Waals surface area contributed by atoms with Gasteiger partial charge in [0.1, 0.15) is 28.9 Å². The van der Waals surface area contributed by atoms with Gasteiger partial charge in [-0.1, -0.05) is 6.07 Å². The van der Waals surface area contributed by atoms with E-state index in [1.165, 1.54) is 61.7 Å². The molecule has 1 amide bonds. The Morgan fingerprint density at radius 1 is 1.21 bits per heavy atom. The normalized spacial score (nSPS) is 12.4. The van der Waals surface area contributed by atoms with Crippen LogP contribution in [0.2, 0.25) is 0 Å². The molecule has 11 nitrogen and oxygen atoms in total. The van der Waals surface area contributed by atoms with E-state index >= 15 is 0 Å². The summed E-state index contributed by atoms with van der Waals surface area (Å²) in [5.41, 5.74) is 0.196. The molecule has 0 aliphatic rings. The van der Waals surface area contributed by atoms with E-state index < -0.39 is 18.1 Å². The van der Waals surface area contributed by atoms with Crippen LogP contribution in [0, 0.1) is 6.92 Å². The number of halogens is 3. The Morgan fingerprint density at radius 3 is 2.68 bits per heavy atom. The van der Waals surface area contributed by atoms with Crippen LogP contribution in [0.3, 0.4) is 0 Å². The summed E-state index contributed by atoms with van der Waals surface area (Å²) in [6, 6.07) is 2.63. The van der Waals surface area contributed by atoms with Crippen molar-refractivity contribution < 1.29 is 22.7 Å². The zero-order valence-corrected chi connectivity index (χ0v) is 18.1. The minimum Gasteiger partial charge on any atom is -0.479 e. The highest BCUT2D eigenvalue weighted by Crippen LogP contribution is 2.33. The van der Waals surface area contributed by atoms with Crippen molar-refractivity contribution in [1.82, 2.24) is 39.5 Å². The van der Waals surface area contributed by atoms with E-state index in [9.17, 15) is 18.0 Å². The van der Waals surface area contributed by atoms with Crippen molar-refractivity contribution in [2.45, 2.75) is 26.1 Å². The largest absolute Gasteiger partial charge is 0.479 e. The first-order chi connectivity index (χ1) is 16.2. The van der Waals surface area contributed by atoms with E-state index in [-0.39, 0.29) is 34.6 Å². The number of aromatic nitrogens is 8. The van der Waals surface area contributed by atoms with Crippen LogP contribution in [-0.4, -0.2) is 58.7 Å². The average Bonchev–Trinajstić information content (AvgIpc) is 3.42. The summed E-state index contributed by atoms with van der Waals surface area (Å²) in [6.07, 6.45) is 1.33. The minimum absolute atomic E-state index is 0.0358. The lowest BCUT2D eigenvalue weighted by Crippen LogP contribution is -2.25. The molecule has 176 valence electrons. The Kier molecular flexibility index (Phi) is 5.96. The van der Waals surface area contributed by atoms with Gasteiger partial charge in [-0.25, -0.2) is 14.6 Å². The second kappa shape index (κ2) is 8.88. The van der Waals surface area contributed by atoms with Crippen LogP contribution >= 0.6 is 0 Å². The van der Waals surface area contributed by atoms with Crippen molar-refractivity contribution in [3.63, 3.8) is 0 Å². The van der Waals surface area contributed by atoms with Gasteiger partial charge in [-0.2, -0.15) is 13.2 Å². The number of aryl methyl sites for hydroxylation is 1. The highest BCUT2D eigenvalue weighted by Gasteiger charge is 2.39. The van der Waals surface area contributed by atoms with Gasteiger partial charge in [0, 0.05) is 18.6 Å². The van der Waals surface area contributed by atoms with Gasteiger partial charge in [-0.3, -0.25) is 14.3 Å². The lowest BCUT2D eigenvalue weighted by molar-refractivity contribution is -0.163. The predicted molar refractivity (Wildman–Crippen MR) is 112 cm³/mol. The van der Waals surface area contributed by atoms with Gasteiger partial charge in [0.15, 0.2) is 11.6 Å². The Hall–Kier alpha value is -4.36. The van der Waals surface area contributed by atoms with Gasteiger partial charge < -0.3 is 10.1 Å². The molecule has 0 radical (unpaired) electrons. The lowest BCUT2D eigenvalue weighted by atomic mass is 10.2. The van der Waals surface area contributed by atoms with E-state index in [0.717, 1.165) is 11.5 Å². The van der Waals surface area contributed by atoms with E-state index in [1.54, 1.807) is 0 Å². The van der Waals surface area contributed by atoms with Crippen LogP contribution < -0.4 is 10.1 Å². The first-order valence-electron chi connectivity index (χ1n) is 9.86. The van der Waals surface area contributed by atoms with Gasteiger partial charge in [0.2, 0.25) is 5.88 Å². The van der Waals surface area contributed by atoms with Gasteiger partial charge in [-0.15, -0.1) is 15.3 Å². The van der Waals surface area contributed by atoms with Crippen LogP contribution in [0.25, 0.3) is 17.3 Å². The monoisotopic (exact) mass is 473 g/mol. The molecule has 4 aromatic rings. The molecule has 0 aliphatic heterocycles. The topological polar surface area (TPSA) is 126 Å². The zero-order valence-electron chi connectivity index (χ0n) is 18.1. The molecule has 0 saturated carbocycles. The van der Waals surface area contributed by atoms with Crippen molar-refractivity contribution in [3.8, 4) is 23.2 Å². The third kappa shape index (κ3) is 4.42. The standard InChI is InChI=1S/C20H18F3N9O2/c1-11(20(21,22)23)32-12(2)28-29-17(32)14-5-4-6-15(26-14)27-18(33)13-10-31(30-19(13)34-3)16-9-24-7-8-25-16/h4-11H,1-3H3,(H,26,27,33). The molecule has 0 saturated heterocycles. The minimum atomic E-state index is -4.51. The summed E-state index contributed by atoms with van der Waals surface area (Å²) in [7, 11) is 1.36. The number of ether oxygens (including phenoxy) is 1. The SMILES string of the molecule is COc1nn(-c2cnccn2)cc1C(=O)Nc1cccc(-c2nnc(C)n2C(C)C(F)(F)F)n1. The first-order valence-corrected chi connectivity index (χ1v) is 9.86. The second-order valence-corrected chi connectivity index (χ2v) is 7.08. The van der Waals surface area contributed by atoms with Gasteiger partial charge in [0.25, 0.3) is 5.91 Å². The fourth-order valence-electron chi connectivity index (χ4n) is 3.16. The Balaban J connectivity index is 1.63. The maximum absolute atomic E-state index is 13.3. The summed E-state index contributed by atoms with van der Waals surface area (Å²) in [4.78, 5) is 25.2. The third-order valence-corrected chi connectivity index (χ3v) is 4.85. The Labute approximate surface area is 190 Å². The number of alkyl halides is 3. The summed E-state index contributed by atoms with van der Waals surface area (Å²) in [6.45, 7) is 2.43. The van der Waals surface area contributed by atoms with E-state index in [4.69, 9.17) is 4.74 Å². The Bertz CT molecular complexity index is 1320. The van der Waals surface area contributed by atoms with Gasteiger partial charge >= 0.3 is 6.18 Å². The molecule has 0 bridgehead atoms. The maximum atomic E-state index is 13.3. The fourth-order valence-corrected chi connectivity index (χ4v) is 3.16. The molecule has 1 atom stereocenters. The molecule has 1 unspecified atom stereocenters. The predicted octanol–water partition coefficient (Wildman–Crippen LogP) is 3.01. The molecule has 1 N–H and O–H groups in total. The van der Waals surface area contributed by atoms with E-state index in [0.29, 0.717) is 5.82 Å².